The quantitative estimate of drug-likeness (QED) is 0.674. The molecule has 1 aromatic rings. The van der Waals surface area contributed by atoms with E-state index in [9.17, 15) is 5.11 Å². The molecule has 17 heavy (non-hydrogen) atoms. The van der Waals surface area contributed by atoms with Crippen LogP contribution in [0.2, 0.25) is 0 Å². The lowest BCUT2D eigenvalue weighted by Crippen LogP contribution is -2.39. The van der Waals surface area contributed by atoms with Gasteiger partial charge in [0.25, 0.3) is 0 Å². The molecule has 0 spiro atoms. The van der Waals surface area contributed by atoms with Crippen LogP contribution < -0.4 is 9.64 Å². The van der Waals surface area contributed by atoms with E-state index in [0.717, 1.165) is 17.0 Å². The molecule has 0 bridgehead atoms. The van der Waals surface area contributed by atoms with Crippen LogP contribution in [0.1, 0.15) is 5.56 Å². The Morgan fingerprint density at radius 1 is 1.35 bits per heavy atom. The third kappa shape index (κ3) is 2.69. The molecule has 0 amide bonds. The average molecular weight is 239 g/mol. The lowest BCUT2D eigenvalue weighted by molar-refractivity contribution is 0.0984. The van der Waals surface area contributed by atoms with Crippen molar-refractivity contribution in [2.45, 2.75) is 12.7 Å². The van der Waals surface area contributed by atoms with Gasteiger partial charge in [-0.05, 0) is 17.7 Å². The van der Waals surface area contributed by atoms with E-state index in [0.29, 0.717) is 19.7 Å². The summed E-state index contributed by atoms with van der Waals surface area (Å²) >= 11 is 0. The van der Waals surface area contributed by atoms with Gasteiger partial charge < -0.3 is 25.0 Å². The molecule has 0 fully saturated rings. The second-order valence-corrected chi connectivity index (χ2v) is 4.09. The molecule has 2 rings (SSSR count). The highest BCUT2D eigenvalue weighted by molar-refractivity contribution is 5.61. The molecule has 0 aromatic heterocycles. The minimum Gasteiger partial charge on any atom is -0.490 e. The molecule has 1 unspecified atom stereocenters. The van der Waals surface area contributed by atoms with Crippen LogP contribution in [0, 0.1) is 0 Å². The zero-order valence-corrected chi connectivity index (χ0v) is 9.54. The number of nitrogens with zero attached hydrogens (tertiary/aromatic N) is 1. The standard InChI is InChI=1S/C12H17NO4/c14-7-9-1-2-12-11(5-9)13(3-4-17-12)6-10(16)8-15/h1-2,5,10,14-16H,3-4,6-8H2. The molecule has 5 heteroatoms. The van der Waals surface area contributed by atoms with Crippen molar-refractivity contribution in [2.75, 3.05) is 31.2 Å². The predicted molar refractivity (Wildman–Crippen MR) is 63.2 cm³/mol. The van der Waals surface area contributed by atoms with Gasteiger partial charge >= 0.3 is 0 Å². The number of hydrogen-bond acceptors (Lipinski definition) is 5. The first kappa shape index (κ1) is 12.2. The summed E-state index contributed by atoms with van der Waals surface area (Å²) in [6.07, 6.45) is -0.765. The van der Waals surface area contributed by atoms with E-state index < -0.39 is 6.10 Å². The number of β-amino-alcohol motifs (C(OH)–C–C–N with tert-alkyl or cyclic N) is 1. The molecule has 0 radical (unpaired) electrons. The zero-order valence-electron chi connectivity index (χ0n) is 9.54. The Kier molecular flexibility index (Phi) is 3.83. The summed E-state index contributed by atoms with van der Waals surface area (Å²) in [6.45, 7) is 1.31. The Balaban J connectivity index is 2.22. The van der Waals surface area contributed by atoms with Crippen LogP contribution in [0.3, 0.4) is 0 Å². The summed E-state index contributed by atoms with van der Waals surface area (Å²) in [5, 5.41) is 27.5. The van der Waals surface area contributed by atoms with E-state index in [-0.39, 0.29) is 13.2 Å². The monoisotopic (exact) mass is 239 g/mol. The first-order chi connectivity index (χ1) is 8.24. The highest BCUT2D eigenvalue weighted by Crippen LogP contribution is 2.32. The molecule has 1 aliphatic rings. The molecule has 0 saturated heterocycles. The molecule has 1 aromatic carbocycles. The van der Waals surface area contributed by atoms with Crippen molar-refractivity contribution in [2.24, 2.45) is 0 Å². The molecular weight excluding hydrogens is 222 g/mol. The minimum absolute atomic E-state index is 0.0241. The van der Waals surface area contributed by atoms with Crippen LogP contribution in [0.15, 0.2) is 18.2 Å². The van der Waals surface area contributed by atoms with Crippen molar-refractivity contribution in [3.05, 3.63) is 23.8 Å². The number of anilines is 1. The van der Waals surface area contributed by atoms with Gasteiger partial charge in [0.05, 0.1) is 31.5 Å². The van der Waals surface area contributed by atoms with Crippen molar-refractivity contribution in [1.82, 2.24) is 0 Å². The maximum atomic E-state index is 9.48. The van der Waals surface area contributed by atoms with E-state index in [1.165, 1.54) is 0 Å². The number of ether oxygens (including phenoxy) is 1. The van der Waals surface area contributed by atoms with E-state index >= 15 is 0 Å². The summed E-state index contributed by atoms with van der Waals surface area (Å²) in [6, 6.07) is 5.47. The number of aliphatic hydroxyl groups is 3. The molecule has 1 aliphatic heterocycles. The van der Waals surface area contributed by atoms with Crippen LogP contribution in [-0.2, 0) is 6.61 Å². The summed E-state index contributed by atoms with van der Waals surface area (Å²) in [5.41, 5.74) is 1.66. The van der Waals surface area contributed by atoms with Gasteiger partial charge in [-0.1, -0.05) is 6.07 Å². The maximum absolute atomic E-state index is 9.48. The highest BCUT2D eigenvalue weighted by Gasteiger charge is 2.20. The molecule has 1 heterocycles. The van der Waals surface area contributed by atoms with Gasteiger partial charge in [0, 0.05) is 6.54 Å². The lowest BCUT2D eigenvalue weighted by Gasteiger charge is -2.32. The van der Waals surface area contributed by atoms with Crippen LogP contribution in [-0.4, -0.2) is 47.7 Å². The second-order valence-electron chi connectivity index (χ2n) is 4.09. The Morgan fingerprint density at radius 3 is 2.88 bits per heavy atom. The van der Waals surface area contributed by atoms with Gasteiger partial charge in [0.15, 0.2) is 0 Å². The number of benzene rings is 1. The van der Waals surface area contributed by atoms with E-state index in [2.05, 4.69) is 0 Å². The van der Waals surface area contributed by atoms with Gasteiger partial charge in [0.2, 0.25) is 0 Å². The number of hydrogen-bond donors (Lipinski definition) is 3. The smallest absolute Gasteiger partial charge is 0.142 e. The van der Waals surface area contributed by atoms with Crippen molar-refractivity contribution in [3.63, 3.8) is 0 Å². The van der Waals surface area contributed by atoms with Crippen molar-refractivity contribution < 1.29 is 20.1 Å². The largest absolute Gasteiger partial charge is 0.490 e. The van der Waals surface area contributed by atoms with E-state index in [1.807, 2.05) is 23.1 Å². The maximum Gasteiger partial charge on any atom is 0.142 e. The zero-order chi connectivity index (χ0) is 12.3. The first-order valence-corrected chi connectivity index (χ1v) is 5.65. The van der Waals surface area contributed by atoms with Crippen molar-refractivity contribution >= 4 is 5.69 Å². The number of rotatable bonds is 4. The molecule has 5 nitrogen and oxygen atoms in total. The third-order valence-electron chi connectivity index (χ3n) is 2.81. The summed E-state index contributed by atoms with van der Waals surface area (Å²) in [7, 11) is 0. The molecular formula is C12H17NO4. The van der Waals surface area contributed by atoms with E-state index in [4.69, 9.17) is 14.9 Å². The fourth-order valence-corrected chi connectivity index (χ4v) is 1.92. The van der Waals surface area contributed by atoms with Crippen LogP contribution in [0.5, 0.6) is 5.75 Å². The number of aliphatic hydroxyl groups excluding tert-OH is 3. The SMILES string of the molecule is OCc1ccc2c(c1)N(CC(O)CO)CCO2. The normalized spacial score (nSPS) is 16.3. The van der Waals surface area contributed by atoms with Gasteiger partial charge in [0.1, 0.15) is 12.4 Å². The van der Waals surface area contributed by atoms with Gasteiger partial charge in [-0.25, -0.2) is 0 Å². The highest BCUT2D eigenvalue weighted by atomic mass is 16.5. The molecule has 1 atom stereocenters. The minimum atomic E-state index is -0.765. The summed E-state index contributed by atoms with van der Waals surface area (Å²) < 4.78 is 5.50. The topological polar surface area (TPSA) is 73.2 Å². The third-order valence-corrected chi connectivity index (χ3v) is 2.81. The second kappa shape index (κ2) is 5.35. The van der Waals surface area contributed by atoms with Crippen LogP contribution >= 0.6 is 0 Å². The Morgan fingerprint density at radius 2 is 2.18 bits per heavy atom. The van der Waals surface area contributed by atoms with Crippen molar-refractivity contribution in [1.29, 1.82) is 0 Å². The average Bonchev–Trinajstić information content (AvgIpc) is 2.38. The Hall–Kier alpha value is -1.30. The lowest BCUT2D eigenvalue weighted by atomic mass is 10.1. The van der Waals surface area contributed by atoms with Gasteiger partial charge in [-0.3, -0.25) is 0 Å². The summed E-state index contributed by atoms with van der Waals surface area (Å²) in [5.74, 6) is 0.749. The molecule has 3 N–H and O–H groups in total. The predicted octanol–water partition coefficient (Wildman–Crippen LogP) is -0.269. The Labute approximate surface area is 99.9 Å². The molecule has 0 saturated carbocycles. The van der Waals surface area contributed by atoms with Crippen LogP contribution in [0.4, 0.5) is 5.69 Å². The molecule has 0 aliphatic carbocycles. The Bertz CT molecular complexity index is 383. The fraction of sp³-hybridized carbons (Fsp3) is 0.500. The van der Waals surface area contributed by atoms with Crippen LogP contribution in [0.25, 0.3) is 0 Å². The van der Waals surface area contributed by atoms with Crippen molar-refractivity contribution in [3.8, 4) is 5.75 Å². The van der Waals surface area contributed by atoms with E-state index in [1.54, 1.807) is 0 Å². The number of fused-ring (bicyclic) bond motifs is 1. The van der Waals surface area contributed by atoms with Gasteiger partial charge in [-0.15, -0.1) is 0 Å². The first-order valence-electron chi connectivity index (χ1n) is 5.65. The molecule has 94 valence electrons. The van der Waals surface area contributed by atoms with Gasteiger partial charge in [-0.2, -0.15) is 0 Å². The fourth-order valence-electron chi connectivity index (χ4n) is 1.92. The summed E-state index contributed by atoms with van der Waals surface area (Å²) in [4.78, 5) is 1.96.